The van der Waals surface area contributed by atoms with Crippen molar-refractivity contribution < 1.29 is 14.7 Å². The van der Waals surface area contributed by atoms with Gasteiger partial charge in [-0.25, -0.2) is 0 Å². The number of aliphatic carboxylic acids is 1. The highest BCUT2D eigenvalue weighted by Gasteiger charge is 2.33. The quantitative estimate of drug-likeness (QED) is 0.697. The molecule has 1 saturated heterocycles. The molecule has 0 spiro atoms. The van der Waals surface area contributed by atoms with E-state index in [0.717, 1.165) is 19.3 Å². The molecule has 2 unspecified atom stereocenters. The van der Waals surface area contributed by atoms with Crippen LogP contribution in [0.15, 0.2) is 0 Å². The lowest BCUT2D eigenvalue weighted by Gasteiger charge is -2.36. The Balaban J connectivity index is 2.73. The number of hydrogen-bond acceptors (Lipinski definition) is 3. The number of carboxylic acids is 1. The standard InChI is InChI=1S/C10H18N2O3/c1-7(10(14)15)12-6-4-3-5-8(12)9(13)11-2/h7-8H,3-6H2,1-2H3,(H,11,13)(H,14,15). The minimum absolute atomic E-state index is 0.0807. The highest BCUT2D eigenvalue weighted by Crippen LogP contribution is 2.19. The number of nitrogens with zero attached hydrogens (tertiary/aromatic N) is 1. The Bertz CT molecular complexity index is 255. The fourth-order valence-corrected chi connectivity index (χ4v) is 2.01. The fraction of sp³-hybridized carbons (Fsp3) is 0.800. The van der Waals surface area contributed by atoms with E-state index < -0.39 is 12.0 Å². The van der Waals surface area contributed by atoms with Crippen LogP contribution in [0.2, 0.25) is 0 Å². The topological polar surface area (TPSA) is 69.6 Å². The van der Waals surface area contributed by atoms with Crippen molar-refractivity contribution in [3.8, 4) is 0 Å². The molecule has 15 heavy (non-hydrogen) atoms. The Morgan fingerprint density at radius 2 is 2.13 bits per heavy atom. The van der Waals surface area contributed by atoms with E-state index in [2.05, 4.69) is 5.32 Å². The van der Waals surface area contributed by atoms with Gasteiger partial charge < -0.3 is 10.4 Å². The van der Waals surface area contributed by atoms with Crippen LogP contribution in [0.25, 0.3) is 0 Å². The summed E-state index contributed by atoms with van der Waals surface area (Å²) in [7, 11) is 1.58. The second kappa shape index (κ2) is 5.11. The number of hydrogen-bond donors (Lipinski definition) is 2. The molecule has 1 heterocycles. The normalized spacial score (nSPS) is 24.5. The van der Waals surface area contributed by atoms with Gasteiger partial charge in [0.05, 0.1) is 6.04 Å². The first-order valence-corrected chi connectivity index (χ1v) is 5.28. The molecule has 0 aromatic carbocycles. The van der Waals surface area contributed by atoms with Crippen molar-refractivity contribution in [2.24, 2.45) is 0 Å². The number of piperidine rings is 1. The monoisotopic (exact) mass is 214 g/mol. The molecule has 0 aromatic rings. The van der Waals surface area contributed by atoms with Crippen molar-refractivity contribution in [1.82, 2.24) is 10.2 Å². The Morgan fingerprint density at radius 3 is 2.67 bits per heavy atom. The number of carbonyl (C=O) groups excluding carboxylic acids is 1. The summed E-state index contributed by atoms with van der Waals surface area (Å²) < 4.78 is 0. The number of likely N-dealkylation sites (tertiary alicyclic amines) is 1. The molecule has 0 aliphatic carbocycles. The molecule has 1 aliphatic rings. The van der Waals surface area contributed by atoms with Gasteiger partial charge in [-0.15, -0.1) is 0 Å². The molecule has 0 radical (unpaired) electrons. The maximum absolute atomic E-state index is 11.6. The molecule has 0 saturated carbocycles. The van der Waals surface area contributed by atoms with E-state index >= 15 is 0 Å². The molecule has 1 fully saturated rings. The number of rotatable bonds is 3. The van der Waals surface area contributed by atoms with E-state index in [0.29, 0.717) is 6.54 Å². The number of carboxylic acid groups (broad SMARTS) is 1. The second-order valence-corrected chi connectivity index (χ2v) is 3.88. The van der Waals surface area contributed by atoms with Crippen molar-refractivity contribution in [2.75, 3.05) is 13.6 Å². The molecular formula is C10H18N2O3. The van der Waals surface area contributed by atoms with Crippen LogP contribution in [0.5, 0.6) is 0 Å². The lowest BCUT2D eigenvalue weighted by molar-refractivity contribution is -0.145. The van der Waals surface area contributed by atoms with Crippen molar-refractivity contribution in [1.29, 1.82) is 0 Å². The summed E-state index contributed by atoms with van der Waals surface area (Å²) in [5, 5.41) is 11.5. The summed E-state index contributed by atoms with van der Waals surface area (Å²) in [6, 6.07) is -0.873. The first-order valence-electron chi connectivity index (χ1n) is 5.28. The third kappa shape index (κ3) is 2.68. The highest BCUT2D eigenvalue weighted by atomic mass is 16.4. The molecular weight excluding hydrogens is 196 g/mol. The maximum atomic E-state index is 11.6. The minimum atomic E-state index is -0.870. The Hall–Kier alpha value is -1.10. The largest absolute Gasteiger partial charge is 0.480 e. The van der Waals surface area contributed by atoms with E-state index in [-0.39, 0.29) is 11.9 Å². The van der Waals surface area contributed by atoms with Crippen LogP contribution < -0.4 is 5.32 Å². The summed E-state index contributed by atoms with van der Waals surface area (Å²) in [6.45, 7) is 2.31. The van der Waals surface area contributed by atoms with Gasteiger partial charge in [-0.1, -0.05) is 6.42 Å². The SMILES string of the molecule is CNC(=O)C1CCCCN1C(C)C(=O)O. The number of amides is 1. The number of nitrogens with one attached hydrogen (secondary N) is 1. The van der Waals surface area contributed by atoms with E-state index in [4.69, 9.17) is 5.11 Å². The lowest BCUT2D eigenvalue weighted by atomic mass is 9.99. The smallest absolute Gasteiger partial charge is 0.320 e. The van der Waals surface area contributed by atoms with Gasteiger partial charge in [0.1, 0.15) is 6.04 Å². The average Bonchev–Trinajstić information content (AvgIpc) is 2.27. The second-order valence-electron chi connectivity index (χ2n) is 3.88. The number of likely N-dealkylation sites (N-methyl/N-ethyl adjacent to an activating group) is 1. The molecule has 86 valence electrons. The lowest BCUT2D eigenvalue weighted by Crippen LogP contribution is -2.54. The molecule has 5 nitrogen and oxygen atoms in total. The Labute approximate surface area is 89.4 Å². The van der Waals surface area contributed by atoms with E-state index in [1.165, 1.54) is 0 Å². The van der Waals surface area contributed by atoms with Crippen LogP contribution in [0.3, 0.4) is 0 Å². The highest BCUT2D eigenvalue weighted by molar-refractivity contribution is 5.82. The van der Waals surface area contributed by atoms with Gasteiger partial charge in [-0.3, -0.25) is 14.5 Å². The molecule has 0 aromatic heterocycles. The zero-order valence-corrected chi connectivity index (χ0v) is 9.19. The third-order valence-electron chi connectivity index (χ3n) is 2.95. The molecule has 5 heteroatoms. The zero-order chi connectivity index (χ0) is 11.4. The van der Waals surface area contributed by atoms with E-state index in [9.17, 15) is 9.59 Å². The maximum Gasteiger partial charge on any atom is 0.320 e. The summed E-state index contributed by atoms with van der Waals surface area (Å²) in [5.41, 5.74) is 0. The van der Waals surface area contributed by atoms with Crippen LogP contribution >= 0.6 is 0 Å². The minimum Gasteiger partial charge on any atom is -0.480 e. The third-order valence-corrected chi connectivity index (χ3v) is 2.95. The van der Waals surface area contributed by atoms with Gasteiger partial charge in [0.2, 0.25) is 5.91 Å². The zero-order valence-electron chi connectivity index (χ0n) is 9.19. The predicted molar refractivity (Wildman–Crippen MR) is 55.5 cm³/mol. The van der Waals surface area contributed by atoms with Crippen LogP contribution in [0.4, 0.5) is 0 Å². The van der Waals surface area contributed by atoms with Crippen LogP contribution in [0.1, 0.15) is 26.2 Å². The van der Waals surface area contributed by atoms with Crippen LogP contribution in [0, 0.1) is 0 Å². The summed E-state index contributed by atoms with van der Waals surface area (Å²) >= 11 is 0. The van der Waals surface area contributed by atoms with E-state index in [1.54, 1.807) is 18.9 Å². The predicted octanol–water partition coefficient (Wildman–Crippen LogP) is 0.0600. The van der Waals surface area contributed by atoms with Crippen molar-refractivity contribution in [3.05, 3.63) is 0 Å². The van der Waals surface area contributed by atoms with Gasteiger partial charge >= 0.3 is 5.97 Å². The van der Waals surface area contributed by atoms with Crippen molar-refractivity contribution >= 4 is 11.9 Å². The molecule has 1 aliphatic heterocycles. The van der Waals surface area contributed by atoms with Gasteiger partial charge in [0.15, 0.2) is 0 Å². The van der Waals surface area contributed by atoms with Gasteiger partial charge in [0.25, 0.3) is 0 Å². The summed E-state index contributed by atoms with van der Waals surface area (Å²) in [5.74, 6) is -0.950. The van der Waals surface area contributed by atoms with E-state index in [1.807, 2.05) is 0 Å². The molecule has 0 bridgehead atoms. The van der Waals surface area contributed by atoms with Crippen LogP contribution in [-0.4, -0.2) is 47.6 Å². The van der Waals surface area contributed by atoms with Gasteiger partial charge in [-0.2, -0.15) is 0 Å². The summed E-state index contributed by atoms with van der Waals surface area (Å²) in [4.78, 5) is 24.2. The molecule has 1 amide bonds. The molecule has 2 atom stereocenters. The first kappa shape index (κ1) is 12.0. The van der Waals surface area contributed by atoms with Crippen LogP contribution in [-0.2, 0) is 9.59 Å². The Kier molecular flexibility index (Phi) is 4.08. The van der Waals surface area contributed by atoms with Gasteiger partial charge in [0, 0.05) is 7.05 Å². The Morgan fingerprint density at radius 1 is 1.47 bits per heavy atom. The molecule has 1 rings (SSSR count). The fourth-order valence-electron chi connectivity index (χ4n) is 2.01. The first-order chi connectivity index (χ1) is 7.07. The van der Waals surface area contributed by atoms with Crippen molar-refractivity contribution in [3.63, 3.8) is 0 Å². The van der Waals surface area contributed by atoms with Gasteiger partial charge in [-0.05, 0) is 26.3 Å². The number of carbonyl (C=O) groups is 2. The molecule has 2 N–H and O–H groups in total. The summed E-state index contributed by atoms with van der Waals surface area (Å²) in [6.07, 6.45) is 2.70. The van der Waals surface area contributed by atoms with Crippen molar-refractivity contribution in [2.45, 2.75) is 38.3 Å². The average molecular weight is 214 g/mol.